The first kappa shape index (κ1) is 15.5. The number of carbonyl (C=O) groups excluding carboxylic acids is 1. The molecule has 0 bridgehead atoms. The van der Waals surface area contributed by atoms with E-state index in [1.54, 1.807) is 12.1 Å². The van der Waals surface area contributed by atoms with Gasteiger partial charge in [0.2, 0.25) is 0 Å². The molecule has 0 amide bonds. The summed E-state index contributed by atoms with van der Waals surface area (Å²) in [6, 6.07) is 7.35. The quantitative estimate of drug-likeness (QED) is 0.562. The van der Waals surface area contributed by atoms with Crippen LogP contribution in [0.2, 0.25) is 0 Å². The second kappa shape index (κ2) is 5.66. The maximum Gasteiger partial charge on any atom is 0.343 e. The summed E-state index contributed by atoms with van der Waals surface area (Å²) in [5.74, 6) is 0.247. The van der Waals surface area contributed by atoms with E-state index in [0.29, 0.717) is 16.4 Å². The molecule has 0 aliphatic rings. The second-order valence-corrected chi connectivity index (χ2v) is 6.72. The molecule has 118 valence electrons. The predicted molar refractivity (Wildman–Crippen MR) is 94.4 cm³/mol. The van der Waals surface area contributed by atoms with E-state index in [9.17, 15) is 4.79 Å². The van der Waals surface area contributed by atoms with Crippen LogP contribution in [0, 0.1) is 27.7 Å². The largest absolute Gasteiger partial charge is 0.422 e. The molecule has 4 nitrogen and oxygen atoms in total. The van der Waals surface area contributed by atoms with Gasteiger partial charge in [0, 0.05) is 5.56 Å². The summed E-state index contributed by atoms with van der Waals surface area (Å²) < 4.78 is 6.67. The molecule has 5 heteroatoms. The number of hydrogen-bond donors (Lipinski definition) is 1. The van der Waals surface area contributed by atoms with Gasteiger partial charge in [-0.1, -0.05) is 29.0 Å². The first-order valence-corrected chi connectivity index (χ1v) is 8.14. The summed E-state index contributed by atoms with van der Waals surface area (Å²) in [6.07, 6.45) is 0. The number of ether oxygens (including phenoxy) is 1. The van der Waals surface area contributed by atoms with Gasteiger partial charge in [0.15, 0.2) is 5.13 Å². The molecular weight excluding hydrogens is 308 g/mol. The molecule has 1 aromatic heterocycles. The molecule has 0 spiro atoms. The van der Waals surface area contributed by atoms with Crippen molar-refractivity contribution in [1.29, 1.82) is 0 Å². The van der Waals surface area contributed by atoms with E-state index < -0.39 is 0 Å². The maximum atomic E-state index is 12.4. The van der Waals surface area contributed by atoms with Gasteiger partial charge in [0.05, 0.1) is 15.8 Å². The number of hydrogen-bond acceptors (Lipinski definition) is 5. The summed E-state index contributed by atoms with van der Waals surface area (Å²) in [4.78, 5) is 16.8. The van der Waals surface area contributed by atoms with Crippen molar-refractivity contribution >= 4 is 32.7 Å². The van der Waals surface area contributed by atoms with Crippen LogP contribution < -0.4 is 10.5 Å². The number of nitrogens with zero attached hydrogens (tertiary/aromatic N) is 1. The Morgan fingerprint density at radius 2 is 1.70 bits per heavy atom. The SMILES string of the molecule is Cc1ccc(C(=O)Oc2c(C)c(C)c3nc(N)sc3c2C)cc1. The zero-order chi connectivity index (χ0) is 16.7. The normalized spacial score (nSPS) is 11.0. The zero-order valence-corrected chi connectivity index (χ0v) is 14.4. The van der Waals surface area contributed by atoms with Crippen LogP contribution in [0.3, 0.4) is 0 Å². The predicted octanol–water partition coefficient (Wildman–Crippen LogP) is 4.33. The van der Waals surface area contributed by atoms with Gasteiger partial charge in [0.25, 0.3) is 0 Å². The number of rotatable bonds is 2. The first-order valence-electron chi connectivity index (χ1n) is 7.33. The van der Waals surface area contributed by atoms with Crippen molar-refractivity contribution in [3.63, 3.8) is 0 Å². The lowest BCUT2D eigenvalue weighted by Crippen LogP contribution is -2.11. The molecule has 23 heavy (non-hydrogen) atoms. The highest BCUT2D eigenvalue weighted by Crippen LogP contribution is 2.38. The van der Waals surface area contributed by atoms with E-state index in [1.165, 1.54) is 11.3 Å². The number of esters is 1. The fourth-order valence-electron chi connectivity index (χ4n) is 2.57. The Kier molecular flexibility index (Phi) is 3.82. The Hall–Kier alpha value is -2.40. The maximum absolute atomic E-state index is 12.4. The van der Waals surface area contributed by atoms with Crippen LogP contribution in [0.1, 0.15) is 32.6 Å². The number of thiazole rings is 1. The summed E-state index contributed by atoms with van der Waals surface area (Å²) in [5.41, 5.74) is 11.2. The van der Waals surface area contributed by atoms with Gasteiger partial charge >= 0.3 is 5.97 Å². The number of carbonyl (C=O) groups is 1. The average molecular weight is 326 g/mol. The fraction of sp³-hybridized carbons (Fsp3) is 0.222. The first-order chi connectivity index (χ1) is 10.9. The summed E-state index contributed by atoms with van der Waals surface area (Å²) in [6.45, 7) is 7.83. The number of aryl methyl sites for hydroxylation is 3. The van der Waals surface area contributed by atoms with Crippen molar-refractivity contribution in [1.82, 2.24) is 4.98 Å². The number of aromatic nitrogens is 1. The van der Waals surface area contributed by atoms with Crippen molar-refractivity contribution in [2.45, 2.75) is 27.7 Å². The molecule has 3 aromatic rings. The minimum Gasteiger partial charge on any atom is -0.422 e. The highest BCUT2D eigenvalue weighted by Gasteiger charge is 2.19. The number of anilines is 1. The molecule has 0 aliphatic heterocycles. The molecule has 0 saturated heterocycles. The van der Waals surface area contributed by atoms with Crippen LogP contribution in [0.4, 0.5) is 5.13 Å². The molecule has 1 heterocycles. The van der Waals surface area contributed by atoms with Gasteiger partial charge in [-0.15, -0.1) is 0 Å². The molecule has 2 aromatic carbocycles. The van der Waals surface area contributed by atoms with E-state index in [-0.39, 0.29) is 5.97 Å². The highest BCUT2D eigenvalue weighted by atomic mass is 32.1. The van der Waals surface area contributed by atoms with E-state index in [2.05, 4.69) is 4.98 Å². The minimum atomic E-state index is -0.354. The smallest absolute Gasteiger partial charge is 0.343 e. The number of nitrogen functional groups attached to an aromatic ring is 1. The van der Waals surface area contributed by atoms with Gasteiger partial charge in [-0.25, -0.2) is 9.78 Å². The standard InChI is InChI=1S/C18H18N2O2S/c1-9-5-7-13(8-6-9)17(21)22-15-11(3)10(2)14-16(12(15)4)23-18(19)20-14/h5-8H,1-4H3,(H2,19,20). The van der Waals surface area contributed by atoms with Crippen molar-refractivity contribution in [3.8, 4) is 5.75 Å². The number of benzene rings is 2. The molecule has 0 unspecified atom stereocenters. The molecule has 0 saturated carbocycles. The van der Waals surface area contributed by atoms with E-state index >= 15 is 0 Å². The molecule has 0 aliphatic carbocycles. The van der Waals surface area contributed by atoms with Gasteiger partial charge in [0.1, 0.15) is 5.75 Å². The van der Waals surface area contributed by atoms with E-state index in [1.807, 2.05) is 39.8 Å². The van der Waals surface area contributed by atoms with Crippen LogP contribution in [0.15, 0.2) is 24.3 Å². The molecule has 3 rings (SSSR count). The highest BCUT2D eigenvalue weighted by molar-refractivity contribution is 7.22. The number of fused-ring (bicyclic) bond motifs is 1. The Labute approximate surface area is 138 Å². The summed E-state index contributed by atoms with van der Waals surface area (Å²) in [7, 11) is 0. The van der Waals surface area contributed by atoms with E-state index in [0.717, 1.165) is 32.5 Å². The Bertz CT molecular complexity index is 911. The lowest BCUT2D eigenvalue weighted by atomic mass is 10.0. The molecule has 0 fully saturated rings. The molecular formula is C18H18N2O2S. The van der Waals surface area contributed by atoms with E-state index in [4.69, 9.17) is 10.5 Å². The van der Waals surface area contributed by atoms with Crippen LogP contribution in [0.25, 0.3) is 10.2 Å². The topological polar surface area (TPSA) is 65.2 Å². The Morgan fingerprint density at radius 3 is 2.35 bits per heavy atom. The Balaban J connectivity index is 2.06. The number of nitrogens with two attached hydrogens (primary N) is 1. The van der Waals surface area contributed by atoms with Gasteiger partial charge in [-0.05, 0) is 51.0 Å². The lowest BCUT2D eigenvalue weighted by Gasteiger charge is -2.13. The monoisotopic (exact) mass is 326 g/mol. The van der Waals surface area contributed by atoms with Crippen LogP contribution >= 0.6 is 11.3 Å². The third-order valence-electron chi connectivity index (χ3n) is 4.07. The second-order valence-electron chi connectivity index (χ2n) is 5.69. The molecule has 2 N–H and O–H groups in total. The van der Waals surface area contributed by atoms with Gasteiger partial charge in [-0.2, -0.15) is 0 Å². The third-order valence-corrected chi connectivity index (χ3v) is 5.07. The minimum absolute atomic E-state index is 0.354. The summed E-state index contributed by atoms with van der Waals surface area (Å²) in [5, 5.41) is 0.521. The zero-order valence-electron chi connectivity index (χ0n) is 13.6. The van der Waals surface area contributed by atoms with Crippen molar-refractivity contribution < 1.29 is 9.53 Å². The molecule has 0 atom stereocenters. The van der Waals surface area contributed by atoms with Gasteiger partial charge < -0.3 is 10.5 Å². The molecule has 0 radical (unpaired) electrons. The van der Waals surface area contributed by atoms with Crippen molar-refractivity contribution in [2.75, 3.05) is 5.73 Å². The fourth-order valence-corrected chi connectivity index (χ4v) is 3.46. The van der Waals surface area contributed by atoms with Crippen LogP contribution in [-0.2, 0) is 0 Å². The average Bonchev–Trinajstić information content (AvgIpc) is 2.92. The van der Waals surface area contributed by atoms with Crippen LogP contribution in [-0.4, -0.2) is 11.0 Å². The Morgan fingerprint density at radius 1 is 1.04 bits per heavy atom. The third kappa shape index (κ3) is 2.68. The van der Waals surface area contributed by atoms with Crippen LogP contribution in [0.5, 0.6) is 5.75 Å². The van der Waals surface area contributed by atoms with Crippen molar-refractivity contribution in [2.24, 2.45) is 0 Å². The lowest BCUT2D eigenvalue weighted by molar-refractivity contribution is 0.0732. The van der Waals surface area contributed by atoms with Gasteiger partial charge in [-0.3, -0.25) is 0 Å². The van der Waals surface area contributed by atoms with Crippen molar-refractivity contribution in [3.05, 3.63) is 52.1 Å². The summed E-state index contributed by atoms with van der Waals surface area (Å²) >= 11 is 1.42.